The summed E-state index contributed by atoms with van der Waals surface area (Å²) in [4.78, 5) is 2.41. The molecular formula is C16H24ClNO2S. The lowest BCUT2D eigenvalue weighted by atomic mass is 10.1. The molecule has 0 saturated heterocycles. The molecule has 0 unspecified atom stereocenters. The second kappa shape index (κ2) is 7.61. The van der Waals surface area contributed by atoms with E-state index < -0.39 is 9.84 Å². The molecule has 21 heavy (non-hydrogen) atoms. The van der Waals surface area contributed by atoms with E-state index in [-0.39, 0.29) is 5.75 Å². The molecule has 5 heteroatoms. The molecule has 0 bridgehead atoms. The van der Waals surface area contributed by atoms with E-state index >= 15 is 0 Å². The molecule has 0 atom stereocenters. The molecule has 0 heterocycles. The third kappa shape index (κ3) is 7.30. The topological polar surface area (TPSA) is 37.4 Å². The number of hydrogen-bond acceptors (Lipinski definition) is 3. The van der Waals surface area contributed by atoms with Gasteiger partial charge in [-0.15, -0.1) is 0 Å². The van der Waals surface area contributed by atoms with E-state index in [1.807, 2.05) is 12.1 Å². The second-order valence-electron chi connectivity index (χ2n) is 6.10. The van der Waals surface area contributed by atoms with Crippen LogP contribution in [0.4, 0.5) is 0 Å². The van der Waals surface area contributed by atoms with Crippen molar-refractivity contribution in [3.05, 3.63) is 34.9 Å². The molecule has 0 spiro atoms. The average molecular weight is 330 g/mol. The van der Waals surface area contributed by atoms with Gasteiger partial charge >= 0.3 is 0 Å². The predicted octanol–water partition coefficient (Wildman–Crippen LogP) is 3.03. The van der Waals surface area contributed by atoms with Crippen LogP contribution in [0.15, 0.2) is 24.3 Å². The molecule has 118 valence electrons. The second-order valence-corrected chi connectivity index (χ2v) is 8.80. The largest absolute Gasteiger partial charge is 0.303 e. The molecule has 2 rings (SSSR count). The van der Waals surface area contributed by atoms with Gasteiger partial charge in [-0.05, 0) is 55.8 Å². The lowest BCUT2D eigenvalue weighted by molar-refractivity contribution is 0.267. The Morgan fingerprint density at radius 3 is 2.43 bits per heavy atom. The van der Waals surface area contributed by atoms with Crippen LogP contribution in [0.25, 0.3) is 0 Å². The molecule has 1 aliphatic rings. The van der Waals surface area contributed by atoms with Gasteiger partial charge in [0.25, 0.3) is 0 Å². The zero-order chi connectivity index (χ0) is 15.3. The van der Waals surface area contributed by atoms with Gasteiger partial charge in [0.05, 0.1) is 5.75 Å². The normalized spacial score (nSPS) is 15.6. The van der Waals surface area contributed by atoms with E-state index in [1.54, 1.807) is 0 Å². The smallest absolute Gasteiger partial charge is 0.147 e. The Morgan fingerprint density at radius 2 is 1.86 bits per heavy atom. The molecule has 3 nitrogen and oxygen atoms in total. The zero-order valence-electron chi connectivity index (χ0n) is 12.6. The average Bonchev–Trinajstić information content (AvgIpc) is 3.20. The van der Waals surface area contributed by atoms with Gasteiger partial charge < -0.3 is 4.90 Å². The third-order valence-electron chi connectivity index (χ3n) is 3.83. The number of nitrogens with zero attached hydrogens (tertiary/aromatic N) is 1. The first-order valence-corrected chi connectivity index (χ1v) is 10.0. The fourth-order valence-corrected chi connectivity index (χ4v) is 3.23. The van der Waals surface area contributed by atoms with Gasteiger partial charge in [-0.2, -0.15) is 0 Å². The van der Waals surface area contributed by atoms with E-state index in [0.717, 1.165) is 43.4 Å². The highest BCUT2D eigenvalue weighted by Gasteiger charge is 2.24. The lowest BCUT2D eigenvalue weighted by Gasteiger charge is -2.22. The Morgan fingerprint density at radius 1 is 1.19 bits per heavy atom. The van der Waals surface area contributed by atoms with Gasteiger partial charge in [-0.1, -0.05) is 23.7 Å². The van der Waals surface area contributed by atoms with E-state index in [0.29, 0.717) is 0 Å². The first-order valence-electron chi connectivity index (χ1n) is 7.57. The Bertz CT molecular complexity index is 538. The van der Waals surface area contributed by atoms with Crippen molar-refractivity contribution in [3.63, 3.8) is 0 Å². The third-order valence-corrected chi connectivity index (χ3v) is 5.11. The van der Waals surface area contributed by atoms with Gasteiger partial charge in [-0.3, -0.25) is 0 Å². The van der Waals surface area contributed by atoms with Gasteiger partial charge in [0.15, 0.2) is 0 Å². The Balaban J connectivity index is 1.79. The van der Waals surface area contributed by atoms with Gasteiger partial charge in [0, 0.05) is 24.4 Å². The SMILES string of the molecule is CS(=O)(=O)CCCN(CCc1ccc(Cl)cc1)CC1CC1. The summed E-state index contributed by atoms with van der Waals surface area (Å²) in [5, 5.41) is 0.765. The highest BCUT2D eigenvalue weighted by Crippen LogP contribution is 2.29. The molecule has 1 aliphatic carbocycles. The number of benzene rings is 1. The summed E-state index contributed by atoms with van der Waals surface area (Å²) < 4.78 is 22.5. The van der Waals surface area contributed by atoms with Crippen molar-refractivity contribution in [2.45, 2.75) is 25.7 Å². The fourth-order valence-electron chi connectivity index (χ4n) is 2.45. The van der Waals surface area contributed by atoms with Crippen LogP contribution in [0, 0.1) is 5.92 Å². The Hall–Kier alpha value is -0.580. The summed E-state index contributed by atoms with van der Waals surface area (Å²) in [7, 11) is -2.85. The summed E-state index contributed by atoms with van der Waals surface area (Å²) in [5.74, 6) is 1.11. The molecule has 1 aromatic carbocycles. The Kier molecular flexibility index (Phi) is 6.08. The fraction of sp³-hybridized carbons (Fsp3) is 0.625. The van der Waals surface area contributed by atoms with Crippen molar-refractivity contribution < 1.29 is 8.42 Å². The summed E-state index contributed by atoms with van der Waals surface area (Å²) in [6, 6.07) is 7.97. The highest BCUT2D eigenvalue weighted by molar-refractivity contribution is 7.90. The minimum absolute atomic E-state index is 0.287. The summed E-state index contributed by atoms with van der Waals surface area (Å²) in [6.07, 6.45) is 5.67. The van der Waals surface area contributed by atoms with Crippen LogP contribution in [0.5, 0.6) is 0 Å². The minimum atomic E-state index is -2.85. The molecule has 0 amide bonds. The quantitative estimate of drug-likeness (QED) is 0.699. The monoisotopic (exact) mass is 329 g/mol. The predicted molar refractivity (Wildman–Crippen MR) is 88.6 cm³/mol. The van der Waals surface area contributed by atoms with Gasteiger partial charge in [0.1, 0.15) is 9.84 Å². The lowest BCUT2D eigenvalue weighted by Crippen LogP contribution is -2.30. The van der Waals surface area contributed by atoms with Gasteiger partial charge in [-0.25, -0.2) is 8.42 Å². The van der Waals surface area contributed by atoms with Crippen LogP contribution in [0.2, 0.25) is 5.02 Å². The van der Waals surface area contributed by atoms with Crippen molar-refractivity contribution in [3.8, 4) is 0 Å². The molecule has 0 N–H and O–H groups in total. The maximum atomic E-state index is 11.2. The van der Waals surface area contributed by atoms with Crippen molar-refractivity contribution in [2.24, 2.45) is 5.92 Å². The molecule has 0 aliphatic heterocycles. The molecule has 0 radical (unpaired) electrons. The zero-order valence-corrected chi connectivity index (χ0v) is 14.2. The summed E-state index contributed by atoms with van der Waals surface area (Å²) in [5.41, 5.74) is 1.28. The first-order chi connectivity index (χ1) is 9.92. The maximum absolute atomic E-state index is 11.2. The van der Waals surface area contributed by atoms with Crippen LogP contribution in [-0.4, -0.2) is 45.0 Å². The van der Waals surface area contributed by atoms with Gasteiger partial charge in [0.2, 0.25) is 0 Å². The minimum Gasteiger partial charge on any atom is -0.303 e. The molecule has 0 aromatic heterocycles. The van der Waals surface area contributed by atoms with Crippen molar-refractivity contribution in [1.82, 2.24) is 4.90 Å². The Labute approximate surface area is 133 Å². The first kappa shape index (κ1) is 16.8. The van der Waals surface area contributed by atoms with Crippen molar-refractivity contribution >= 4 is 21.4 Å². The van der Waals surface area contributed by atoms with Crippen LogP contribution >= 0.6 is 11.6 Å². The van der Waals surface area contributed by atoms with E-state index in [9.17, 15) is 8.42 Å². The molecular weight excluding hydrogens is 306 g/mol. The van der Waals surface area contributed by atoms with Crippen LogP contribution in [0.1, 0.15) is 24.8 Å². The van der Waals surface area contributed by atoms with Crippen LogP contribution < -0.4 is 0 Å². The maximum Gasteiger partial charge on any atom is 0.147 e. The van der Waals surface area contributed by atoms with Crippen LogP contribution in [-0.2, 0) is 16.3 Å². The van der Waals surface area contributed by atoms with Crippen molar-refractivity contribution in [2.75, 3.05) is 31.6 Å². The molecule has 1 aromatic rings. The summed E-state index contributed by atoms with van der Waals surface area (Å²) in [6.45, 7) is 2.97. The van der Waals surface area contributed by atoms with E-state index in [1.165, 1.54) is 24.7 Å². The van der Waals surface area contributed by atoms with E-state index in [4.69, 9.17) is 11.6 Å². The van der Waals surface area contributed by atoms with Crippen LogP contribution in [0.3, 0.4) is 0 Å². The number of rotatable bonds is 9. The van der Waals surface area contributed by atoms with E-state index in [2.05, 4.69) is 17.0 Å². The summed E-state index contributed by atoms with van der Waals surface area (Å²) >= 11 is 5.90. The van der Waals surface area contributed by atoms with Crippen molar-refractivity contribution in [1.29, 1.82) is 0 Å². The molecule has 1 fully saturated rings. The number of sulfone groups is 1. The number of hydrogen-bond donors (Lipinski definition) is 0. The number of halogens is 1. The highest BCUT2D eigenvalue weighted by atomic mass is 35.5. The molecule has 1 saturated carbocycles. The standard InChI is InChI=1S/C16H24ClNO2S/c1-21(19,20)12-2-10-18(13-15-3-4-15)11-9-14-5-7-16(17)8-6-14/h5-8,15H,2-4,9-13H2,1H3.